The Balaban J connectivity index is 1.43. The average Bonchev–Trinajstić information content (AvgIpc) is 3.06. The van der Waals surface area contributed by atoms with E-state index in [9.17, 15) is 14.3 Å². The second kappa shape index (κ2) is 7.78. The molecule has 0 bridgehead atoms. The fraction of sp³-hybridized carbons (Fsp3) is 0.611. The summed E-state index contributed by atoms with van der Waals surface area (Å²) in [5, 5.41) is 13.1. The summed E-state index contributed by atoms with van der Waals surface area (Å²) in [7, 11) is 3.86. The lowest BCUT2D eigenvalue weighted by Gasteiger charge is -2.22. The topological polar surface area (TPSA) is 71.0 Å². The van der Waals surface area contributed by atoms with Crippen molar-refractivity contribution >= 4 is 5.91 Å². The van der Waals surface area contributed by atoms with Crippen LogP contribution >= 0.6 is 0 Å². The van der Waals surface area contributed by atoms with Crippen LogP contribution in [-0.4, -0.2) is 67.1 Å². The Morgan fingerprint density at radius 1 is 1.32 bits per heavy atom. The van der Waals surface area contributed by atoms with E-state index in [4.69, 9.17) is 9.47 Å². The summed E-state index contributed by atoms with van der Waals surface area (Å²) in [6.07, 6.45) is -0.857. The zero-order valence-corrected chi connectivity index (χ0v) is 14.5. The smallest absolute Gasteiger partial charge is 0.222 e. The number of nitrogens with zero attached hydrogens (tertiary/aromatic N) is 1. The van der Waals surface area contributed by atoms with Crippen molar-refractivity contribution in [1.29, 1.82) is 0 Å². The predicted molar refractivity (Wildman–Crippen MR) is 89.4 cm³/mol. The van der Waals surface area contributed by atoms with E-state index in [1.165, 1.54) is 12.1 Å². The summed E-state index contributed by atoms with van der Waals surface area (Å²) in [5.74, 6) is -0.430. The Kier molecular flexibility index (Phi) is 5.68. The molecule has 0 saturated carbocycles. The number of halogens is 1. The number of nitrogens with one attached hydrogen (secondary N) is 1. The normalized spacial score (nSPS) is 31.3. The first-order valence-electron chi connectivity index (χ1n) is 8.57. The van der Waals surface area contributed by atoms with E-state index in [1.54, 1.807) is 12.1 Å². The summed E-state index contributed by atoms with van der Waals surface area (Å²) >= 11 is 0. The number of likely N-dealkylation sites (N-methyl/N-ethyl adjacent to an activating group) is 1. The van der Waals surface area contributed by atoms with Gasteiger partial charge in [0.05, 0.1) is 24.7 Å². The third-order valence-corrected chi connectivity index (χ3v) is 4.64. The number of carbonyl (C=O) groups is 1. The molecule has 1 amide bonds. The largest absolute Gasteiger partial charge is 0.388 e. The number of hydrogen-bond acceptors (Lipinski definition) is 5. The molecule has 1 aromatic carbocycles. The molecule has 3 rings (SSSR count). The fourth-order valence-electron chi connectivity index (χ4n) is 3.43. The van der Waals surface area contributed by atoms with Crippen LogP contribution in [0.4, 0.5) is 4.39 Å². The van der Waals surface area contributed by atoms with Crippen LogP contribution in [0.3, 0.4) is 0 Å². The summed E-state index contributed by atoms with van der Waals surface area (Å²) in [4.78, 5) is 14.0. The molecule has 2 heterocycles. The molecule has 0 unspecified atom stereocenters. The van der Waals surface area contributed by atoms with Crippen LogP contribution in [0.15, 0.2) is 24.3 Å². The highest BCUT2D eigenvalue weighted by molar-refractivity contribution is 5.76. The lowest BCUT2D eigenvalue weighted by molar-refractivity contribution is -0.125. The molecule has 0 radical (unpaired) electrons. The van der Waals surface area contributed by atoms with Gasteiger partial charge < -0.3 is 24.8 Å². The molecule has 5 atom stereocenters. The van der Waals surface area contributed by atoms with Crippen LogP contribution in [0, 0.1) is 5.82 Å². The van der Waals surface area contributed by atoms with Crippen molar-refractivity contribution in [3.05, 3.63) is 35.6 Å². The van der Waals surface area contributed by atoms with Crippen LogP contribution < -0.4 is 5.32 Å². The summed E-state index contributed by atoms with van der Waals surface area (Å²) in [5.41, 5.74) is 0.837. The minimum Gasteiger partial charge on any atom is -0.388 e. The summed E-state index contributed by atoms with van der Waals surface area (Å²) in [6.45, 7) is 0.989. The van der Waals surface area contributed by atoms with Crippen molar-refractivity contribution in [3.8, 4) is 0 Å². The first-order chi connectivity index (χ1) is 11.9. The third-order valence-electron chi connectivity index (χ3n) is 4.64. The maximum atomic E-state index is 12.9. The number of aliphatic hydroxyl groups excluding tert-OH is 1. The number of carbonyl (C=O) groups excluding carboxylic acids is 1. The number of aliphatic hydroxyl groups is 1. The van der Waals surface area contributed by atoms with Gasteiger partial charge in [-0.05, 0) is 31.8 Å². The number of hydrogen-bond donors (Lipinski definition) is 2. The number of amides is 1. The van der Waals surface area contributed by atoms with Gasteiger partial charge in [0.2, 0.25) is 5.91 Å². The number of rotatable bonds is 6. The molecule has 6 nitrogen and oxygen atoms in total. The predicted octanol–water partition coefficient (Wildman–Crippen LogP) is 0.679. The molecule has 2 fully saturated rings. The van der Waals surface area contributed by atoms with Gasteiger partial charge in [0.25, 0.3) is 0 Å². The van der Waals surface area contributed by atoms with E-state index in [2.05, 4.69) is 5.32 Å². The molecule has 0 aromatic heterocycles. The molecule has 7 heteroatoms. The molecule has 138 valence electrons. The lowest BCUT2D eigenvalue weighted by atomic mass is 10.1. The maximum absolute atomic E-state index is 12.9. The molecule has 25 heavy (non-hydrogen) atoms. The molecule has 2 aliphatic rings. The molecule has 1 aromatic rings. The minimum atomic E-state index is -0.667. The number of fused-ring (bicyclic) bond motifs is 1. The maximum Gasteiger partial charge on any atom is 0.222 e. The van der Waals surface area contributed by atoms with Crippen LogP contribution in [0.2, 0.25) is 0 Å². The highest BCUT2D eigenvalue weighted by atomic mass is 19.1. The van der Waals surface area contributed by atoms with Gasteiger partial charge in [0.15, 0.2) is 0 Å². The Bertz CT molecular complexity index is 595. The Morgan fingerprint density at radius 2 is 2.04 bits per heavy atom. The fourth-order valence-corrected chi connectivity index (χ4v) is 3.43. The van der Waals surface area contributed by atoms with Gasteiger partial charge >= 0.3 is 0 Å². The first kappa shape index (κ1) is 18.3. The van der Waals surface area contributed by atoms with E-state index >= 15 is 0 Å². The van der Waals surface area contributed by atoms with Crippen LogP contribution in [0.1, 0.15) is 18.4 Å². The van der Waals surface area contributed by atoms with Gasteiger partial charge in [0.1, 0.15) is 18.0 Å². The van der Waals surface area contributed by atoms with E-state index in [1.807, 2.05) is 19.0 Å². The zero-order valence-electron chi connectivity index (χ0n) is 14.5. The van der Waals surface area contributed by atoms with Crippen molar-refractivity contribution in [2.24, 2.45) is 0 Å². The molecular weight excluding hydrogens is 327 g/mol. The van der Waals surface area contributed by atoms with Crippen LogP contribution in [0.5, 0.6) is 0 Å². The highest BCUT2D eigenvalue weighted by Gasteiger charge is 2.50. The monoisotopic (exact) mass is 352 g/mol. The average molecular weight is 352 g/mol. The minimum absolute atomic E-state index is 0.131. The van der Waals surface area contributed by atoms with Crippen molar-refractivity contribution in [3.63, 3.8) is 0 Å². The van der Waals surface area contributed by atoms with E-state index in [-0.39, 0.29) is 42.6 Å². The second-order valence-corrected chi connectivity index (χ2v) is 7.03. The number of benzene rings is 1. The Labute approximate surface area is 146 Å². The van der Waals surface area contributed by atoms with Crippen molar-refractivity contribution in [2.45, 2.75) is 49.9 Å². The summed E-state index contributed by atoms with van der Waals surface area (Å²) in [6, 6.07) is 6.01. The van der Waals surface area contributed by atoms with Crippen LogP contribution in [0.25, 0.3) is 0 Å². The van der Waals surface area contributed by atoms with Gasteiger partial charge in [-0.1, -0.05) is 12.1 Å². The second-order valence-electron chi connectivity index (χ2n) is 7.03. The van der Waals surface area contributed by atoms with Gasteiger partial charge in [-0.3, -0.25) is 4.79 Å². The molecular formula is C18H25FN2O4. The molecule has 2 aliphatic heterocycles. The molecule has 2 saturated heterocycles. The Hall–Kier alpha value is -1.54. The SMILES string of the molecule is CN(C)C[C@H]1O[C@@H]2C[C@@H](CC(=O)NCc3ccc(F)cc3)O[C@@H]2[C@@H]1O. The first-order valence-corrected chi connectivity index (χ1v) is 8.57. The highest BCUT2D eigenvalue weighted by Crippen LogP contribution is 2.35. The molecule has 2 N–H and O–H groups in total. The third kappa shape index (κ3) is 4.55. The van der Waals surface area contributed by atoms with E-state index in [0.29, 0.717) is 19.5 Å². The van der Waals surface area contributed by atoms with Crippen LogP contribution in [-0.2, 0) is 20.8 Å². The van der Waals surface area contributed by atoms with Crippen molar-refractivity contribution < 1.29 is 23.8 Å². The molecule has 0 aliphatic carbocycles. The van der Waals surface area contributed by atoms with Crippen molar-refractivity contribution in [2.75, 3.05) is 20.6 Å². The van der Waals surface area contributed by atoms with E-state index < -0.39 is 6.10 Å². The van der Waals surface area contributed by atoms with Crippen molar-refractivity contribution in [1.82, 2.24) is 10.2 Å². The summed E-state index contributed by atoms with van der Waals surface area (Å²) < 4.78 is 24.6. The van der Waals surface area contributed by atoms with Gasteiger partial charge in [0, 0.05) is 19.5 Å². The molecule has 0 spiro atoms. The quantitative estimate of drug-likeness (QED) is 0.788. The standard InChI is InChI=1S/C18H25FN2O4/c1-21(2)10-15-17(23)18-14(25-15)7-13(24-18)8-16(22)20-9-11-3-5-12(19)6-4-11/h3-6,13-15,17-18,23H,7-10H2,1-2H3,(H,20,22)/t13-,14+,15+,17+,18-/m0/s1. The number of ether oxygens (including phenoxy) is 2. The van der Waals surface area contributed by atoms with Gasteiger partial charge in [-0.2, -0.15) is 0 Å². The van der Waals surface area contributed by atoms with Gasteiger partial charge in [-0.15, -0.1) is 0 Å². The van der Waals surface area contributed by atoms with E-state index in [0.717, 1.165) is 5.56 Å². The zero-order chi connectivity index (χ0) is 18.0. The van der Waals surface area contributed by atoms with Gasteiger partial charge in [-0.25, -0.2) is 4.39 Å². The lowest BCUT2D eigenvalue weighted by Crippen LogP contribution is -2.38. The Morgan fingerprint density at radius 3 is 2.68 bits per heavy atom.